The fourth-order valence-electron chi connectivity index (χ4n) is 2.43. The van der Waals surface area contributed by atoms with Gasteiger partial charge in [0.15, 0.2) is 0 Å². The van der Waals surface area contributed by atoms with Gasteiger partial charge in [0.05, 0.1) is 0 Å². The van der Waals surface area contributed by atoms with Crippen molar-refractivity contribution in [2.75, 3.05) is 0 Å². The van der Waals surface area contributed by atoms with Crippen LogP contribution >= 0.6 is 0 Å². The summed E-state index contributed by atoms with van der Waals surface area (Å²) in [6, 6.07) is 0. The van der Waals surface area contributed by atoms with Crippen LogP contribution in [0, 0.1) is 17.8 Å². The molecule has 0 amide bonds. The zero-order valence-electron chi connectivity index (χ0n) is 10.5. The number of ketones is 1. The SMILES string of the molecule is CC(C)=CCC[C@@H](C)[C@H]1CC(=O)[C@H](C)C1. The molecule has 1 saturated carbocycles. The van der Waals surface area contributed by atoms with Crippen LogP contribution in [-0.2, 0) is 4.79 Å². The maximum Gasteiger partial charge on any atom is 0.135 e. The number of hydrogen-bond donors (Lipinski definition) is 0. The van der Waals surface area contributed by atoms with Gasteiger partial charge in [0, 0.05) is 12.3 Å². The first-order valence-electron chi connectivity index (χ1n) is 6.16. The Morgan fingerprint density at radius 2 is 2.20 bits per heavy atom. The van der Waals surface area contributed by atoms with E-state index in [1.807, 2.05) is 0 Å². The van der Waals surface area contributed by atoms with Crippen molar-refractivity contribution in [3.05, 3.63) is 11.6 Å². The lowest BCUT2D eigenvalue weighted by molar-refractivity contribution is -0.120. The Kier molecular flexibility index (Phi) is 4.56. The van der Waals surface area contributed by atoms with Crippen molar-refractivity contribution >= 4 is 5.78 Å². The lowest BCUT2D eigenvalue weighted by Crippen LogP contribution is -2.08. The minimum atomic E-state index is 0.320. The van der Waals surface area contributed by atoms with E-state index in [2.05, 4.69) is 33.8 Å². The third-order valence-electron chi connectivity index (χ3n) is 3.65. The molecule has 0 bridgehead atoms. The van der Waals surface area contributed by atoms with Gasteiger partial charge in [-0.3, -0.25) is 4.79 Å². The van der Waals surface area contributed by atoms with Crippen LogP contribution in [0.25, 0.3) is 0 Å². The summed E-state index contributed by atoms with van der Waals surface area (Å²) >= 11 is 0. The molecule has 1 fully saturated rings. The minimum absolute atomic E-state index is 0.320. The van der Waals surface area contributed by atoms with Crippen LogP contribution in [0.4, 0.5) is 0 Å². The van der Waals surface area contributed by atoms with Crippen molar-refractivity contribution in [2.24, 2.45) is 17.8 Å². The van der Waals surface area contributed by atoms with Crippen molar-refractivity contribution in [3.8, 4) is 0 Å². The third kappa shape index (κ3) is 3.81. The lowest BCUT2D eigenvalue weighted by atomic mass is 9.88. The maximum atomic E-state index is 11.5. The first-order chi connectivity index (χ1) is 7.00. The maximum absolute atomic E-state index is 11.5. The molecule has 0 saturated heterocycles. The van der Waals surface area contributed by atoms with E-state index in [1.54, 1.807) is 0 Å². The van der Waals surface area contributed by atoms with Gasteiger partial charge in [-0.25, -0.2) is 0 Å². The van der Waals surface area contributed by atoms with Gasteiger partial charge in [-0.1, -0.05) is 25.5 Å². The van der Waals surface area contributed by atoms with Crippen LogP contribution < -0.4 is 0 Å². The monoisotopic (exact) mass is 208 g/mol. The molecule has 1 aliphatic rings. The summed E-state index contributed by atoms with van der Waals surface area (Å²) in [5.74, 6) is 2.16. The highest BCUT2D eigenvalue weighted by Crippen LogP contribution is 2.34. The highest BCUT2D eigenvalue weighted by Gasteiger charge is 2.31. The highest BCUT2D eigenvalue weighted by molar-refractivity contribution is 5.82. The van der Waals surface area contributed by atoms with E-state index in [4.69, 9.17) is 0 Å². The molecule has 3 atom stereocenters. The number of hydrogen-bond acceptors (Lipinski definition) is 1. The molecular formula is C14H24O. The molecule has 0 aromatic rings. The summed E-state index contributed by atoms with van der Waals surface area (Å²) in [7, 11) is 0. The highest BCUT2D eigenvalue weighted by atomic mass is 16.1. The second-order valence-electron chi connectivity index (χ2n) is 5.40. The van der Waals surface area contributed by atoms with Gasteiger partial charge in [-0.05, 0) is 44.9 Å². The largest absolute Gasteiger partial charge is 0.299 e. The Labute approximate surface area is 93.9 Å². The molecule has 0 spiro atoms. The van der Waals surface area contributed by atoms with Crippen molar-refractivity contribution in [1.29, 1.82) is 0 Å². The van der Waals surface area contributed by atoms with E-state index in [1.165, 1.54) is 18.4 Å². The molecule has 0 N–H and O–H groups in total. The van der Waals surface area contributed by atoms with Gasteiger partial charge in [0.2, 0.25) is 0 Å². The number of allylic oxidation sites excluding steroid dienone is 2. The molecule has 1 heteroatoms. The van der Waals surface area contributed by atoms with Crippen molar-refractivity contribution in [2.45, 2.75) is 53.4 Å². The third-order valence-corrected chi connectivity index (χ3v) is 3.65. The van der Waals surface area contributed by atoms with Crippen LogP contribution in [0.1, 0.15) is 53.4 Å². The van der Waals surface area contributed by atoms with E-state index >= 15 is 0 Å². The van der Waals surface area contributed by atoms with Crippen LogP contribution in [0.15, 0.2) is 11.6 Å². The molecule has 1 aliphatic carbocycles. The quantitative estimate of drug-likeness (QED) is 0.639. The van der Waals surface area contributed by atoms with Gasteiger partial charge < -0.3 is 0 Å². The average molecular weight is 208 g/mol. The van der Waals surface area contributed by atoms with Crippen LogP contribution in [-0.4, -0.2) is 5.78 Å². The molecule has 0 unspecified atom stereocenters. The van der Waals surface area contributed by atoms with E-state index in [9.17, 15) is 4.79 Å². The first-order valence-corrected chi connectivity index (χ1v) is 6.16. The molecular weight excluding hydrogens is 184 g/mol. The first kappa shape index (κ1) is 12.5. The summed E-state index contributed by atoms with van der Waals surface area (Å²) in [6.45, 7) is 8.66. The number of carbonyl (C=O) groups is 1. The van der Waals surface area contributed by atoms with Crippen molar-refractivity contribution in [3.63, 3.8) is 0 Å². The fourth-order valence-corrected chi connectivity index (χ4v) is 2.43. The van der Waals surface area contributed by atoms with Gasteiger partial charge >= 0.3 is 0 Å². The summed E-state index contributed by atoms with van der Waals surface area (Å²) < 4.78 is 0. The Morgan fingerprint density at radius 1 is 1.53 bits per heavy atom. The van der Waals surface area contributed by atoms with E-state index in [0.717, 1.165) is 12.8 Å². The number of rotatable bonds is 4. The molecule has 86 valence electrons. The fraction of sp³-hybridized carbons (Fsp3) is 0.786. The minimum Gasteiger partial charge on any atom is -0.299 e. The lowest BCUT2D eigenvalue weighted by Gasteiger charge is -2.17. The Hall–Kier alpha value is -0.590. The predicted molar refractivity (Wildman–Crippen MR) is 64.7 cm³/mol. The summed E-state index contributed by atoms with van der Waals surface area (Å²) in [5, 5.41) is 0. The Bertz CT molecular complexity index is 248. The summed E-state index contributed by atoms with van der Waals surface area (Å²) in [5.41, 5.74) is 1.40. The van der Waals surface area contributed by atoms with Crippen LogP contribution in [0.2, 0.25) is 0 Å². The Morgan fingerprint density at radius 3 is 2.67 bits per heavy atom. The summed E-state index contributed by atoms with van der Waals surface area (Å²) in [6.07, 6.45) is 6.65. The topological polar surface area (TPSA) is 17.1 Å². The zero-order valence-corrected chi connectivity index (χ0v) is 10.5. The van der Waals surface area contributed by atoms with Gasteiger partial charge in [0.1, 0.15) is 5.78 Å². The van der Waals surface area contributed by atoms with Gasteiger partial charge in [-0.2, -0.15) is 0 Å². The van der Waals surface area contributed by atoms with Crippen LogP contribution in [0.5, 0.6) is 0 Å². The van der Waals surface area contributed by atoms with Crippen molar-refractivity contribution < 1.29 is 4.79 Å². The summed E-state index contributed by atoms with van der Waals surface area (Å²) in [4.78, 5) is 11.5. The molecule has 0 aromatic heterocycles. The van der Waals surface area contributed by atoms with E-state index in [0.29, 0.717) is 23.5 Å². The van der Waals surface area contributed by atoms with Gasteiger partial charge in [0.25, 0.3) is 0 Å². The Balaban J connectivity index is 2.32. The zero-order chi connectivity index (χ0) is 11.4. The standard InChI is InChI=1S/C14H24O/c1-10(2)6-5-7-11(3)13-8-12(4)14(15)9-13/h6,11-13H,5,7-9H2,1-4H3/t11-,12-,13-/m1/s1. The number of Topliss-reactive ketones (excluding diaryl/α,β-unsaturated/α-hetero) is 1. The predicted octanol–water partition coefficient (Wildman–Crippen LogP) is 3.98. The number of carbonyl (C=O) groups excluding carboxylic acids is 1. The second-order valence-corrected chi connectivity index (χ2v) is 5.40. The van der Waals surface area contributed by atoms with Crippen molar-refractivity contribution in [1.82, 2.24) is 0 Å². The van der Waals surface area contributed by atoms with Gasteiger partial charge in [-0.15, -0.1) is 0 Å². The molecule has 0 radical (unpaired) electrons. The van der Waals surface area contributed by atoms with Crippen LogP contribution in [0.3, 0.4) is 0 Å². The molecule has 0 aliphatic heterocycles. The molecule has 15 heavy (non-hydrogen) atoms. The second kappa shape index (κ2) is 5.48. The average Bonchev–Trinajstić information content (AvgIpc) is 2.46. The van der Waals surface area contributed by atoms with E-state index < -0.39 is 0 Å². The smallest absolute Gasteiger partial charge is 0.135 e. The molecule has 1 nitrogen and oxygen atoms in total. The normalized spacial score (nSPS) is 27.9. The molecule has 1 rings (SSSR count). The molecule has 0 heterocycles. The molecule has 0 aromatic carbocycles. The van der Waals surface area contributed by atoms with E-state index in [-0.39, 0.29) is 0 Å².